The van der Waals surface area contributed by atoms with Gasteiger partial charge in [0.05, 0.1) is 6.61 Å². The van der Waals surface area contributed by atoms with E-state index in [9.17, 15) is 0 Å². The van der Waals surface area contributed by atoms with E-state index in [2.05, 4.69) is 22.2 Å². The van der Waals surface area contributed by atoms with E-state index in [-0.39, 0.29) is 0 Å². The number of nitrogens with one attached hydrogen (secondary N) is 1. The molecule has 2 aliphatic heterocycles. The van der Waals surface area contributed by atoms with Crippen molar-refractivity contribution in [3.63, 3.8) is 0 Å². The Bertz CT molecular complexity index is 294. The van der Waals surface area contributed by atoms with E-state index in [0.717, 1.165) is 25.8 Å². The van der Waals surface area contributed by atoms with Crippen LogP contribution < -0.4 is 5.32 Å². The molecule has 1 N–H and O–H groups in total. The van der Waals surface area contributed by atoms with Gasteiger partial charge in [0, 0.05) is 44.2 Å². The lowest BCUT2D eigenvalue weighted by Crippen LogP contribution is -2.45. The maximum atomic E-state index is 5.71. The van der Waals surface area contributed by atoms with E-state index < -0.39 is 0 Å². The first kappa shape index (κ1) is 14.8. The van der Waals surface area contributed by atoms with Gasteiger partial charge in [-0.25, -0.2) is 0 Å². The fourth-order valence-electron chi connectivity index (χ4n) is 3.59. The summed E-state index contributed by atoms with van der Waals surface area (Å²) in [7, 11) is 2.28. The van der Waals surface area contributed by atoms with Gasteiger partial charge in [0.1, 0.15) is 0 Å². The van der Waals surface area contributed by atoms with E-state index in [1.54, 1.807) is 0 Å². The molecule has 1 atom stereocenters. The van der Waals surface area contributed by atoms with Crippen LogP contribution >= 0.6 is 0 Å². The zero-order chi connectivity index (χ0) is 13.8. The number of rotatable bonds is 8. The number of likely N-dealkylation sites (tertiary alicyclic amines) is 1. The molecular weight excluding hydrogens is 250 g/mol. The highest BCUT2D eigenvalue weighted by Gasteiger charge is 2.37. The summed E-state index contributed by atoms with van der Waals surface area (Å²) in [5, 5.41) is 3.72. The first-order valence-corrected chi connectivity index (χ1v) is 8.48. The maximum absolute atomic E-state index is 5.71. The Morgan fingerprint density at radius 2 is 2.10 bits per heavy atom. The lowest BCUT2D eigenvalue weighted by atomic mass is 9.86. The van der Waals surface area contributed by atoms with Gasteiger partial charge in [-0.05, 0) is 52.2 Å². The molecular formula is C16H31N3O. The standard InChI is InChI=1S/C16H31N3O/c1-18(9-10-19-7-2-3-8-19)13-16(6-11-20-14-16)12-17-15-4-5-15/h15,17H,2-14H2,1H3. The average Bonchev–Trinajstić information content (AvgIpc) is 2.93. The van der Waals surface area contributed by atoms with Crippen molar-refractivity contribution < 1.29 is 4.74 Å². The summed E-state index contributed by atoms with van der Waals surface area (Å²) in [5.41, 5.74) is 0.363. The predicted octanol–water partition coefficient (Wildman–Crippen LogP) is 1.17. The lowest BCUT2D eigenvalue weighted by molar-refractivity contribution is 0.114. The highest BCUT2D eigenvalue weighted by Crippen LogP contribution is 2.30. The van der Waals surface area contributed by atoms with Crippen molar-refractivity contribution in [3.05, 3.63) is 0 Å². The molecule has 0 aromatic carbocycles. The molecule has 4 nitrogen and oxygen atoms in total. The van der Waals surface area contributed by atoms with Crippen LogP contribution in [0.15, 0.2) is 0 Å². The third-order valence-corrected chi connectivity index (χ3v) is 5.13. The monoisotopic (exact) mass is 281 g/mol. The fourth-order valence-corrected chi connectivity index (χ4v) is 3.59. The van der Waals surface area contributed by atoms with Crippen LogP contribution in [0.1, 0.15) is 32.1 Å². The predicted molar refractivity (Wildman–Crippen MR) is 82.1 cm³/mol. The van der Waals surface area contributed by atoms with Gasteiger partial charge in [-0.15, -0.1) is 0 Å². The molecule has 1 saturated carbocycles. The third-order valence-electron chi connectivity index (χ3n) is 5.13. The van der Waals surface area contributed by atoms with E-state index >= 15 is 0 Å². The zero-order valence-electron chi connectivity index (χ0n) is 13.1. The molecule has 116 valence electrons. The van der Waals surface area contributed by atoms with Gasteiger partial charge in [0.2, 0.25) is 0 Å². The molecule has 0 spiro atoms. The van der Waals surface area contributed by atoms with Gasteiger partial charge in [-0.3, -0.25) is 0 Å². The highest BCUT2D eigenvalue weighted by molar-refractivity contribution is 4.91. The number of hydrogen-bond donors (Lipinski definition) is 1. The molecule has 1 unspecified atom stereocenters. The summed E-state index contributed by atoms with van der Waals surface area (Å²) in [5.74, 6) is 0. The Labute approximate surface area is 123 Å². The van der Waals surface area contributed by atoms with E-state index in [1.807, 2.05) is 0 Å². The number of hydrogen-bond acceptors (Lipinski definition) is 4. The van der Waals surface area contributed by atoms with Crippen LogP contribution in [-0.2, 0) is 4.74 Å². The first-order chi connectivity index (χ1) is 9.76. The minimum atomic E-state index is 0.363. The summed E-state index contributed by atoms with van der Waals surface area (Å²) in [6.07, 6.45) is 6.77. The fraction of sp³-hybridized carbons (Fsp3) is 1.00. The molecule has 0 bridgehead atoms. The molecule has 2 heterocycles. The Morgan fingerprint density at radius 3 is 2.75 bits per heavy atom. The summed E-state index contributed by atoms with van der Waals surface area (Å²) < 4.78 is 5.71. The minimum absolute atomic E-state index is 0.363. The van der Waals surface area contributed by atoms with E-state index in [1.165, 1.54) is 64.8 Å². The average molecular weight is 281 g/mol. The van der Waals surface area contributed by atoms with Crippen molar-refractivity contribution in [1.82, 2.24) is 15.1 Å². The van der Waals surface area contributed by atoms with E-state index in [4.69, 9.17) is 4.74 Å². The molecule has 20 heavy (non-hydrogen) atoms. The van der Waals surface area contributed by atoms with Crippen molar-refractivity contribution in [3.8, 4) is 0 Å². The smallest absolute Gasteiger partial charge is 0.0547 e. The van der Waals surface area contributed by atoms with Crippen molar-refractivity contribution in [2.45, 2.75) is 38.1 Å². The first-order valence-electron chi connectivity index (χ1n) is 8.48. The molecule has 0 radical (unpaired) electrons. The number of likely N-dealkylation sites (N-methyl/N-ethyl adjacent to an activating group) is 1. The largest absolute Gasteiger partial charge is 0.381 e. The molecule has 3 fully saturated rings. The topological polar surface area (TPSA) is 27.7 Å². The lowest BCUT2D eigenvalue weighted by Gasteiger charge is -2.33. The van der Waals surface area contributed by atoms with Crippen LogP contribution in [-0.4, -0.2) is 75.4 Å². The molecule has 3 rings (SSSR count). The maximum Gasteiger partial charge on any atom is 0.0547 e. The summed E-state index contributed by atoms with van der Waals surface area (Å²) >= 11 is 0. The molecule has 1 aliphatic carbocycles. The minimum Gasteiger partial charge on any atom is -0.381 e. The molecule has 0 aromatic heterocycles. The van der Waals surface area contributed by atoms with Gasteiger partial charge < -0.3 is 19.9 Å². The number of ether oxygens (including phenoxy) is 1. The Morgan fingerprint density at radius 1 is 1.30 bits per heavy atom. The van der Waals surface area contributed by atoms with Crippen LogP contribution in [0.2, 0.25) is 0 Å². The quantitative estimate of drug-likeness (QED) is 0.723. The Hall–Kier alpha value is -0.160. The Kier molecular flexibility index (Phi) is 4.97. The third kappa shape index (κ3) is 4.17. The van der Waals surface area contributed by atoms with Gasteiger partial charge in [0.15, 0.2) is 0 Å². The van der Waals surface area contributed by atoms with Crippen LogP contribution in [0.5, 0.6) is 0 Å². The summed E-state index contributed by atoms with van der Waals surface area (Å²) in [4.78, 5) is 5.14. The second-order valence-electron chi connectivity index (χ2n) is 7.24. The van der Waals surface area contributed by atoms with Crippen molar-refractivity contribution in [1.29, 1.82) is 0 Å². The van der Waals surface area contributed by atoms with Gasteiger partial charge >= 0.3 is 0 Å². The van der Waals surface area contributed by atoms with Gasteiger partial charge in [-0.1, -0.05) is 0 Å². The van der Waals surface area contributed by atoms with Crippen LogP contribution in [0, 0.1) is 5.41 Å². The van der Waals surface area contributed by atoms with Gasteiger partial charge in [-0.2, -0.15) is 0 Å². The molecule has 4 heteroatoms. The highest BCUT2D eigenvalue weighted by atomic mass is 16.5. The Balaban J connectivity index is 1.42. The second kappa shape index (κ2) is 6.73. The van der Waals surface area contributed by atoms with Crippen molar-refractivity contribution in [2.24, 2.45) is 5.41 Å². The van der Waals surface area contributed by atoms with Crippen LogP contribution in [0.4, 0.5) is 0 Å². The molecule has 0 amide bonds. The molecule has 0 aromatic rings. The zero-order valence-corrected chi connectivity index (χ0v) is 13.1. The van der Waals surface area contributed by atoms with Crippen molar-refractivity contribution >= 4 is 0 Å². The number of nitrogens with zero attached hydrogens (tertiary/aromatic N) is 2. The summed E-state index contributed by atoms with van der Waals surface area (Å²) in [6.45, 7) is 9.28. The summed E-state index contributed by atoms with van der Waals surface area (Å²) in [6, 6.07) is 0.808. The SMILES string of the molecule is CN(CCN1CCCC1)CC1(CNC2CC2)CCOC1. The normalized spacial score (nSPS) is 31.5. The molecule has 2 saturated heterocycles. The second-order valence-corrected chi connectivity index (χ2v) is 7.24. The van der Waals surface area contributed by atoms with Gasteiger partial charge in [0.25, 0.3) is 0 Å². The van der Waals surface area contributed by atoms with Crippen LogP contribution in [0.25, 0.3) is 0 Å². The van der Waals surface area contributed by atoms with Crippen LogP contribution in [0.3, 0.4) is 0 Å². The van der Waals surface area contributed by atoms with Crippen molar-refractivity contribution in [2.75, 3.05) is 59.5 Å². The van der Waals surface area contributed by atoms with E-state index in [0.29, 0.717) is 5.41 Å². The molecule has 3 aliphatic rings.